The molecule has 0 amide bonds. The lowest BCUT2D eigenvalue weighted by Gasteiger charge is -2.36. The monoisotopic (exact) mass is 278 g/mol. The zero-order valence-corrected chi connectivity index (χ0v) is 11.9. The highest BCUT2D eigenvalue weighted by atomic mass is 15.3. The molecule has 1 aliphatic heterocycles. The molecule has 0 N–H and O–H groups in total. The first kappa shape index (κ1) is 13.6. The zero-order chi connectivity index (χ0) is 14.5. The van der Waals surface area contributed by atoms with Crippen LogP contribution in [-0.2, 0) is 6.54 Å². The van der Waals surface area contributed by atoms with Crippen LogP contribution in [0.4, 0.5) is 5.69 Å². The molecule has 2 heterocycles. The summed E-state index contributed by atoms with van der Waals surface area (Å²) < 4.78 is 0. The summed E-state index contributed by atoms with van der Waals surface area (Å²) in [5.41, 5.74) is 2.83. The first-order valence-electron chi connectivity index (χ1n) is 7.23. The molecular weight excluding hydrogens is 260 g/mol. The Morgan fingerprint density at radius 2 is 1.76 bits per heavy atom. The van der Waals surface area contributed by atoms with E-state index in [1.54, 1.807) is 6.20 Å². The summed E-state index contributed by atoms with van der Waals surface area (Å²) >= 11 is 0. The molecule has 0 radical (unpaired) electrons. The first-order chi connectivity index (χ1) is 10.4. The van der Waals surface area contributed by atoms with E-state index >= 15 is 0 Å². The van der Waals surface area contributed by atoms with Gasteiger partial charge in [0.2, 0.25) is 0 Å². The van der Waals surface area contributed by atoms with Crippen LogP contribution >= 0.6 is 0 Å². The molecule has 0 saturated carbocycles. The number of nitriles is 1. The minimum atomic E-state index is 0.522. The summed E-state index contributed by atoms with van der Waals surface area (Å²) in [4.78, 5) is 8.85. The topological polar surface area (TPSA) is 43.2 Å². The van der Waals surface area contributed by atoms with Crippen molar-refractivity contribution < 1.29 is 0 Å². The van der Waals surface area contributed by atoms with Crippen LogP contribution in [0.2, 0.25) is 0 Å². The average molecular weight is 278 g/mol. The van der Waals surface area contributed by atoms with E-state index in [9.17, 15) is 0 Å². The van der Waals surface area contributed by atoms with E-state index in [2.05, 4.69) is 45.1 Å². The van der Waals surface area contributed by atoms with Crippen LogP contribution in [0.15, 0.2) is 48.7 Å². The first-order valence-corrected chi connectivity index (χ1v) is 7.23. The molecule has 1 aromatic carbocycles. The van der Waals surface area contributed by atoms with Crippen molar-refractivity contribution >= 4 is 5.69 Å². The number of aromatic nitrogens is 1. The smallest absolute Gasteiger partial charge is 0.163 e. The Kier molecular flexibility index (Phi) is 4.13. The fraction of sp³-hybridized carbons (Fsp3) is 0.294. The molecule has 21 heavy (non-hydrogen) atoms. The highest BCUT2D eigenvalue weighted by Gasteiger charge is 2.19. The van der Waals surface area contributed by atoms with Gasteiger partial charge in [-0.3, -0.25) is 4.90 Å². The fourth-order valence-electron chi connectivity index (χ4n) is 2.73. The van der Waals surface area contributed by atoms with Crippen LogP contribution in [0.25, 0.3) is 0 Å². The number of nitrogens with zero attached hydrogens (tertiary/aromatic N) is 4. The van der Waals surface area contributed by atoms with Crippen LogP contribution in [0.5, 0.6) is 0 Å². The largest absolute Gasteiger partial charge is 0.367 e. The molecule has 4 heteroatoms. The molecule has 1 fully saturated rings. The lowest BCUT2D eigenvalue weighted by Crippen LogP contribution is -2.46. The second-order valence-corrected chi connectivity index (χ2v) is 5.23. The van der Waals surface area contributed by atoms with E-state index in [1.165, 1.54) is 5.56 Å². The summed E-state index contributed by atoms with van der Waals surface area (Å²) in [5, 5.41) is 9.15. The quantitative estimate of drug-likeness (QED) is 0.864. The maximum Gasteiger partial charge on any atom is 0.163 e. The van der Waals surface area contributed by atoms with Crippen molar-refractivity contribution in [2.45, 2.75) is 6.54 Å². The molecule has 4 nitrogen and oxygen atoms in total. The lowest BCUT2D eigenvalue weighted by atomic mass is 10.2. The van der Waals surface area contributed by atoms with Gasteiger partial charge in [-0.1, -0.05) is 30.3 Å². The maximum absolute atomic E-state index is 9.15. The third kappa shape index (κ3) is 3.21. The summed E-state index contributed by atoms with van der Waals surface area (Å²) in [6.07, 6.45) is 1.67. The third-order valence-electron chi connectivity index (χ3n) is 3.85. The summed E-state index contributed by atoms with van der Waals surface area (Å²) in [6.45, 7) is 4.89. The molecule has 1 aromatic heterocycles. The molecule has 0 bridgehead atoms. The molecular formula is C17H18N4. The molecule has 1 aliphatic rings. The zero-order valence-electron chi connectivity index (χ0n) is 11.9. The van der Waals surface area contributed by atoms with Gasteiger partial charge in [-0.05, 0) is 17.7 Å². The Hall–Kier alpha value is -2.38. The molecule has 0 aliphatic carbocycles. The van der Waals surface area contributed by atoms with Crippen molar-refractivity contribution in [2.75, 3.05) is 31.1 Å². The van der Waals surface area contributed by atoms with Gasteiger partial charge in [0.1, 0.15) is 6.07 Å². The lowest BCUT2D eigenvalue weighted by molar-refractivity contribution is 0.250. The van der Waals surface area contributed by atoms with Gasteiger partial charge in [0, 0.05) is 38.9 Å². The minimum absolute atomic E-state index is 0.522. The van der Waals surface area contributed by atoms with Crippen LogP contribution in [-0.4, -0.2) is 36.1 Å². The summed E-state index contributed by atoms with van der Waals surface area (Å²) in [7, 11) is 0. The predicted molar refractivity (Wildman–Crippen MR) is 82.9 cm³/mol. The van der Waals surface area contributed by atoms with Gasteiger partial charge in [0.25, 0.3) is 0 Å². The van der Waals surface area contributed by atoms with Gasteiger partial charge in [-0.15, -0.1) is 0 Å². The molecule has 0 atom stereocenters. The molecule has 106 valence electrons. The van der Waals surface area contributed by atoms with E-state index in [0.717, 1.165) is 38.4 Å². The average Bonchev–Trinajstić information content (AvgIpc) is 2.56. The van der Waals surface area contributed by atoms with Crippen molar-refractivity contribution in [1.29, 1.82) is 5.26 Å². The van der Waals surface area contributed by atoms with E-state index in [4.69, 9.17) is 5.26 Å². The number of anilines is 1. The Morgan fingerprint density at radius 1 is 1.00 bits per heavy atom. The van der Waals surface area contributed by atoms with Crippen LogP contribution < -0.4 is 4.90 Å². The van der Waals surface area contributed by atoms with Crippen molar-refractivity contribution in [2.24, 2.45) is 0 Å². The Labute approximate surface area is 125 Å². The Morgan fingerprint density at radius 3 is 2.48 bits per heavy atom. The standard InChI is InChI=1S/C17H18N4/c18-13-16-17(7-4-8-19-16)21-11-9-20(10-12-21)14-15-5-2-1-3-6-15/h1-8H,9-12,14H2. The molecule has 0 unspecified atom stereocenters. The van der Waals surface area contributed by atoms with Crippen molar-refractivity contribution in [3.05, 3.63) is 59.9 Å². The maximum atomic E-state index is 9.15. The predicted octanol–water partition coefficient (Wildman–Crippen LogP) is 2.28. The number of pyridine rings is 1. The SMILES string of the molecule is N#Cc1ncccc1N1CCN(Cc2ccccc2)CC1. The van der Waals surface area contributed by atoms with Crippen LogP contribution in [0.1, 0.15) is 11.3 Å². The second-order valence-electron chi connectivity index (χ2n) is 5.23. The van der Waals surface area contributed by atoms with E-state index in [-0.39, 0.29) is 0 Å². The second kappa shape index (κ2) is 6.38. The van der Waals surface area contributed by atoms with Gasteiger partial charge in [-0.25, -0.2) is 4.98 Å². The normalized spacial score (nSPS) is 15.7. The van der Waals surface area contributed by atoms with Crippen LogP contribution in [0, 0.1) is 11.3 Å². The van der Waals surface area contributed by atoms with Crippen molar-refractivity contribution in [1.82, 2.24) is 9.88 Å². The van der Waals surface area contributed by atoms with Crippen molar-refractivity contribution in [3.8, 4) is 6.07 Å². The summed E-state index contributed by atoms with van der Waals surface area (Å²) in [5.74, 6) is 0. The molecule has 2 aromatic rings. The number of hydrogen-bond acceptors (Lipinski definition) is 4. The van der Waals surface area contributed by atoms with Gasteiger partial charge in [0.05, 0.1) is 5.69 Å². The Balaban J connectivity index is 1.62. The highest BCUT2D eigenvalue weighted by Crippen LogP contribution is 2.19. The number of piperazine rings is 1. The molecule has 0 spiro atoms. The molecule has 3 rings (SSSR count). The van der Waals surface area contributed by atoms with Gasteiger partial charge in [0.15, 0.2) is 5.69 Å². The van der Waals surface area contributed by atoms with E-state index < -0.39 is 0 Å². The van der Waals surface area contributed by atoms with E-state index in [0.29, 0.717) is 5.69 Å². The molecule has 1 saturated heterocycles. The number of rotatable bonds is 3. The third-order valence-corrected chi connectivity index (χ3v) is 3.85. The van der Waals surface area contributed by atoms with Crippen molar-refractivity contribution in [3.63, 3.8) is 0 Å². The summed E-state index contributed by atoms with van der Waals surface area (Å²) in [6, 6.07) is 16.6. The van der Waals surface area contributed by atoms with Gasteiger partial charge < -0.3 is 4.90 Å². The van der Waals surface area contributed by atoms with E-state index in [1.807, 2.05) is 18.2 Å². The van der Waals surface area contributed by atoms with Gasteiger partial charge in [-0.2, -0.15) is 5.26 Å². The Bertz CT molecular complexity index is 625. The van der Waals surface area contributed by atoms with Gasteiger partial charge >= 0.3 is 0 Å². The number of hydrogen-bond donors (Lipinski definition) is 0. The number of benzene rings is 1. The fourth-order valence-corrected chi connectivity index (χ4v) is 2.73. The minimum Gasteiger partial charge on any atom is -0.367 e. The van der Waals surface area contributed by atoms with Crippen LogP contribution in [0.3, 0.4) is 0 Å². The highest BCUT2D eigenvalue weighted by molar-refractivity contribution is 5.55.